The SMILES string of the molecule is OC(c1ccc(C2CCCCC2)cc1)c1ccsc1. The maximum Gasteiger partial charge on any atom is 0.105 e. The first-order valence-corrected chi connectivity index (χ1v) is 8.09. The Labute approximate surface area is 118 Å². The van der Waals surface area contributed by atoms with E-state index in [1.54, 1.807) is 11.3 Å². The zero-order chi connectivity index (χ0) is 13.1. The summed E-state index contributed by atoms with van der Waals surface area (Å²) < 4.78 is 0. The summed E-state index contributed by atoms with van der Waals surface area (Å²) in [5, 5.41) is 14.3. The normalized spacial score (nSPS) is 18.4. The van der Waals surface area contributed by atoms with E-state index in [-0.39, 0.29) is 0 Å². The van der Waals surface area contributed by atoms with E-state index in [1.165, 1.54) is 37.7 Å². The van der Waals surface area contributed by atoms with Gasteiger partial charge in [-0.3, -0.25) is 0 Å². The molecule has 0 bridgehead atoms. The van der Waals surface area contributed by atoms with Crippen LogP contribution in [0.4, 0.5) is 0 Å². The van der Waals surface area contributed by atoms with E-state index in [0.29, 0.717) is 0 Å². The molecule has 1 aliphatic carbocycles. The molecule has 3 rings (SSSR count). The lowest BCUT2D eigenvalue weighted by Crippen LogP contribution is -2.05. The van der Waals surface area contributed by atoms with Crippen LogP contribution >= 0.6 is 11.3 Å². The van der Waals surface area contributed by atoms with Crippen LogP contribution in [0.3, 0.4) is 0 Å². The van der Waals surface area contributed by atoms with Gasteiger partial charge in [0.05, 0.1) is 0 Å². The van der Waals surface area contributed by atoms with Gasteiger partial charge in [0.15, 0.2) is 0 Å². The second kappa shape index (κ2) is 5.89. The van der Waals surface area contributed by atoms with Crippen molar-refractivity contribution in [3.63, 3.8) is 0 Å². The second-order valence-electron chi connectivity index (χ2n) is 5.46. The Bertz CT molecular complexity index is 495. The van der Waals surface area contributed by atoms with E-state index in [4.69, 9.17) is 0 Å². The molecule has 0 spiro atoms. The minimum atomic E-state index is -0.480. The molecule has 1 unspecified atom stereocenters. The molecule has 0 amide bonds. The molecule has 1 fully saturated rings. The molecule has 1 nitrogen and oxygen atoms in total. The summed E-state index contributed by atoms with van der Waals surface area (Å²) >= 11 is 1.63. The third-order valence-corrected chi connectivity index (χ3v) is 4.89. The lowest BCUT2D eigenvalue weighted by atomic mass is 9.83. The lowest BCUT2D eigenvalue weighted by molar-refractivity contribution is 0.221. The molecule has 2 aromatic rings. The third kappa shape index (κ3) is 2.90. The highest BCUT2D eigenvalue weighted by Crippen LogP contribution is 2.33. The maximum atomic E-state index is 10.3. The fourth-order valence-corrected chi connectivity index (χ4v) is 3.69. The molecule has 19 heavy (non-hydrogen) atoms. The molecule has 1 saturated carbocycles. The third-order valence-electron chi connectivity index (χ3n) is 4.19. The second-order valence-corrected chi connectivity index (χ2v) is 6.24. The first kappa shape index (κ1) is 12.9. The molecule has 1 aromatic carbocycles. The highest BCUT2D eigenvalue weighted by molar-refractivity contribution is 7.07. The smallest absolute Gasteiger partial charge is 0.105 e. The van der Waals surface area contributed by atoms with Crippen LogP contribution in [-0.4, -0.2) is 5.11 Å². The van der Waals surface area contributed by atoms with Crippen LogP contribution in [0.25, 0.3) is 0 Å². The summed E-state index contributed by atoms with van der Waals surface area (Å²) in [6.45, 7) is 0. The summed E-state index contributed by atoms with van der Waals surface area (Å²) in [5.41, 5.74) is 3.44. The average molecular weight is 272 g/mol. The van der Waals surface area contributed by atoms with E-state index in [2.05, 4.69) is 24.3 Å². The van der Waals surface area contributed by atoms with Gasteiger partial charge in [0.2, 0.25) is 0 Å². The maximum absolute atomic E-state index is 10.3. The Morgan fingerprint density at radius 3 is 2.32 bits per heavy atom. The van der Waals surface area contributed by atoms with Crippen LogP contribution in [0, 0.1) is 0 Å². The van der Waals surface area contributed by atoms with Crippen LogP contribution in [0.1, 0.15) is 60.8 Å². The van der Waals surface area contributed by atoms with Crippen molar-refractivity contribution in [3.8, 4) is 0 Å². The minimum Gasteiger partial charge on any atom is -0.384 e. The van der Waals surface area contributed by atoms with E-state index in [1.807, 2.05) is 16.8 Å². The number of hydrogen-bond donors (Lipinski definition) is 1. The predicted octanol–water partition coefficient (Wildman–Crippen LogP) is 4.88. The Hall–Kier alpha value is -1.12. The van der Waals surface area contributed by atoms with Crippen molar-refractivity contribution in [2.45, 2.75) is 44.1 Å². The van der Waals surface area contributed by atoms with Crippen LogP contribution in [0.5, 0.6) is 0 Å². The Balaban J connectivity index is 1.75. The van der Waals surface area contributed by atoms with Gasteiger partial charge in [-0.2, -0.15) is 11.3 Å². The molecule has 1 aliphatic rings. The zero-order valence-corrected chi connectivity index (χ0v) is 11.9. The molecule has 1 aromatic heterocycles. The highest BCUT2D eigenvalue weighted by Gasteiger charge is 2.16. The van der Waals surface area contributed by atoms with E-state index >= 15 is 0 Å². The minimum absolute atomic E-state index is 0.480. The van der Waals surface area contributed by atoms with Crippen molar-refractivity contribution in [2.24, 2.45) is 0 Å². The summed E-state index contributed by atoms with van der Waals surface area (Å²) in [6.07, 6.45) is 6.30. The monoisotopic (exact) mass is 272 g/mol. The quantitative estimate of drug-likeness (QED) is 0.844. The Morgan fingerprint density at radius 1 is 0.947 bits per heavy atom. The first-order chi connectivity index (χ1) is 9.34. The standard InChI is InChI=1S/C17H20OS/c18-17(16-10-11-19-12-16)15-8-6-14(7-9-15)13-4-2-1-3-5-13/h6-13,17-18H,1-5H2. The van der Waals surface area contributed by atoms with Gasteiger partial charge in [0.25, 0.3) is 0 Å². The predicted molar refractivity (Wildman–Crippen MR) is 80.6 cm³/mol. The van der Waals surface area contributed by atoms with Crippen molar-refractivity contribution < 1.29 is 5.11 Å². The number of thiophene rings is 1. The summed E-state index contributed by atoms with van der Waals surface area (Å²) in [4.78, 5) is 0. The van der Waals surface area contributed by atoms with E-state index in [0.717, 1.165) is 17.0 Å². The van der Waals surface area contributed by atoms with Gasteiger partial charge in [-0.1, -0.05) is 43.5 Å². The summed E-state index contributed by atoms with van der Waals surface area (Å²) in [7, 11) is 0. The van der Waals surface area contributed by atoms with E-state index < -0.39 is 6.10 Å². The number of aliphatic hydroxyl groups is 1. The molecule has 1 heterocycles. The molecule has 2 heteroatoms. The van der Waals surface area contributed by atoms with Crippen LogP contribution in [0.15, 0.2) is 41.1 Å². The van der Waals surface area contributed by atoms with Crippen molar-refractivity contribution >= 4 is 11.3 Å². The molecule has 0 radical (unpaired) electrons. The number of aliphatic hydroxyl groups excluding tert-OH is 1. The molecule has 1 atom stereocenters. The van der Waals surface area contributed by atoms with Crippen LogP contribution in [-0.2, 0) is 0 Å². The van der Waals surface area contributed by atoms with Crippen molar-refractivity contribution in [1.29, 1.82) is 0 Å². The van der Waals surface area contributed by atoms with Crippen molar-refractivity contribution in [1.82, 2.24) is 0 Å². The number of rotatable bonds is 3. The van der Waals surface area contributed by atoms with Gasteiger partial charge in [0, 0.05) is 0 Å². The largest absolute Gasteiger partial charge is 0.384 e. The first-order valence-electron chi connectivity index (χ1n) is 7.14. The number of benzene rings is 1. The van der Waals surface area contributed by atoms with Gasteiger partial charge >= 0.3 is 0 Å². The molecule has 0 aliphatic heterocycles. The van der Waals surface area contributed by atoms with Gasteiger partial charge in [0.1, 0.15) is 6.10 Å². The molecular formula is C17H20OS. The van der Waals surface area contributed by atoms with Crippen LogP contribution < -0.4 is 0 Å². The summed E-state index contributed by atoms with van der Waals surface area (Å²) in [6, 6.07) is 10.6. The Morgan fingerprint density at radius 2 is 1.68 bits per heavy atom. The number of hydrogen-bond acceptors (Lipinski definition) is 2. The topological polar surface area (TPSA) is 20.2 Å². The highest BCUT2D eigenvalue weighted by atomic mass is 32.1. The molecular weight excluding hydrogens is 252 g/mol. The molecule has 0 saturated heterocycles. The zero-order valence-electron chi connectivity index (χ0n) is 11.1. The van der Waals surface area contributed by atoms with E-state index in [9.17, 15) is 5.11 Å². The summed E-state index contributed by atoms with van der Waals surface area (Å²) in [5.74, 6) is 0.737. The molecule has 100 valence electrons. The van der Waals surface area contributed by atoms with Gasteiger partial charge in [-0.15, -0.1) is 0 Å². The molecule has 1 N–H and O–H groups in total. The fraction of sp³-hybridized carbons (Fsp3) is 0.412. The van der Waals surface area contributed by atoms with Gasteiger partial charge in [-0.25, -0.2) is 0 Å². The Kier molecular flexibility index (Phi) is 4.00. The van der Waals surface area contributed by atoms with Crippen molar-refractivity contribution in [3.05, 3.63) is 57.8 Å². The average Bonchev–Trinajstić information content (AvgIpc) is 3.02. The van der Waals surface area contributed by atoms with Crippen LogP contribution in [0.2, 0.25) is 0 Å². The van der Waals surface area contributed by atoms with Gasteiger partial charge < -0.3 is 5.11 Å². The van der Waals surface area contributed by atoms with Crippen molar-refractivity contribution in [2.75, 3.05) is 0 Å². The fourth-order valence-electron chi connectivity index (χ4n) is 3.01. The lowest BCUT2D eigenvalue weighted by Gasteiger charge is -2.22. The van der Waals surface area contributed by atoms with Gasteiger partial charge in [-0.05, 0) is 52.3 Å².